The molecule has 2 heterocycles. The summed E-state index contributed by atoms with van der Waals surface area (Å²) in [5.41, 5.74) is 3.21. The molecule has 1 aliphatic carbocycles. The van der Waals surface area contributed by atoms with Crippen LogP contribution in [-0.4, -0.2) is 12.2 Å². The monoisotopic (exact) mass is 508 g/mol. The highest BCUT2D eigenvalue weighted by Crippen LogP contribution is 2.51. The van der Waals surface area contributed by atoms with Crippen molar-refractivity contribution in [3.05, 3.63) is 77.0 Å². The molecule has 0 saturated heterocycles. The van der Waals surface area contributed by atoms with E-state index in [1.165, 1.54) is 12.6 Å². The molecule has 0 spiro atoms. The van der Waals surface area contributed by atoms with E-state index in [1.807, 2.05) is 0 Å². The molecule has 188 valence electrons. The largest absolute Gasteiger partial charge is 0.446 e. The predicted molar refractivity (Wildman–Crippen MR) is 119 cm³/mol. The number of hydrogen-bond acceptors (Lipinski definition) is 5. The van der Waals surface area contributed by atoms with E-state index in [4.69, 9.17) is 10.2 Å². The Hall–Kier alpha value is -3.80. The molecule has 2 aromatic carbocycles. The Kier molecular flexibility index (Phi) is 5.39. The first-order valence-electron chi connectivity index (χ1n) is 10.8. The molecule has 3 N–H and O–H groups in total. The first kappa shape index (κ1) is 23.9. The van der Waals surface area contributed by atoms with Crippen LogP contribution < -0.4 is 16.0 Å². The van der Waals surface area contributed by atoms with E-state index in [9.17, 15) is 31.1 Å². The van der Waals surface area contributed by atoms with Crippen LogP contribution in [0.2, 0.25) is 0 Å². The Morgan fingerprint density at radius 3 is 2.17 bits per heavy atom. The maximum Gasteiger partial charge on any atom is 0.416 e. The van der Waals surface area contributed by atoms with E-state index in [1.54, 1.807) is 35.2 Å². The molecule has 6 nitrogen and oxygen atoms in total. The van der Waals surface area contributed by atoms with E-state index >= 15 is 0 Å². The molecule has 1 amide bonds. The third-order valence-electron chi connectivity index (χ3n) is 6.34. The molecule has 1 atom stereocenters. The molecule has 1 aromatic heterocycles. The van der Waals surface area contributed by atoms with Gasteiger partial charge in [0.25, 0.3) is 0 Å². The molecule has 1 saturated carbocycles. The van der Waals surface area contributed by atoms with Crippen LogP contribution in [0.1, 0.15) is 41.3 Å². The predicted octanol–water partition coefficient (Wildman–Crippen LogP) is 6.12. The van der Waals surface area contributed by atoms with E-state index in [0.29, 0.717) is 35.0 Å². The van der Waals surface area contributed by atoms with Gasteiger partial charge in [0.15, 0.2) is 0 Å². The lowest BCUT2D eigenvalue weighted by molar-refractivity contribution is -0.143. The quantitative estimate of drug-likeness (QED) is 0.416. The number of carbonyl (C=O) groups is 1. The van der Waals surface area contributed by atoms with E-state index in [0.717, 1.165) is 0 Å². The van der Waals surface area contributed by atoms with Gasteiger partial charge in [0.1, 0.15) is 12.5 Å². The van der Waals surface area contributed by atoms with E-state index < -0.39 is 41.0 Å². The van der Waals surface area contributed by atoms with Gasteiger partial charge in [-0.25, -0.2) is 4.99 Å². The lowest BCUT2D eigenvalue weighted by Gasteiger charge is -2.29. The lowest BCUT2D eigenvalue weighted by Crippen LogP contribution is -2.35. The van der Waals surface area contributed by atoms with Crippen LogP contribution in [0.4, 0.5) is 43.6 Å². The van der Waals surface area contributed by atoms with Gasteiger partial charge in [-0.3, -0.25) is 4.79 Å². The van der Waals surface area contributed by atoms with Crippen molar-refractivity contribution in [2.75, 3.05) is 10.2 Å². The van der Waals surface area contributed by atoms with Crippen LogP contribution in [0.3, 0.4) is 0 Å². The smallest absolute Gasteiger partial charge is 0.416 e. The molecular weight excluding hydrogens is 490 g/mol. The third kappa shape index (κ3) is 4.21. The summed E-state index contributed by atoms with van der Waals surface area (Å²) in [6.07, 6.45) is -7.32. The van der Waals surface area contributed by atoms with Gasteiger partial charge in [-0.2, -0.15) is 26.3 Å². The summed E-state index contributed by atoms with van der Waals surface area (Å²) in [5.74, 6) is -0.275. The van der Waals surface area contributed by atoms with Gasteiger partial charge in [0.05, 0.1) is 28.4 Å². The summed E-state index contributed by atoms with van der Waals surface area (Å²) >= 11 is 0. The molecule has 0 radical (unpaired) electrons. The Labute approximate surface area is 200 Å². The normalized spacial score (nSPS) is 18.6. The topological polar surface area (TPSA) is 83.9 Å². The summed E-state index contributed by atoms with van der Waals surface area (Å²) in [7, 11) is 0. The van der Waals surface area contributed by atoms with Crippen molar-refractivity contribution >= 4 is 29.5 Å². The van der Waals surface area contributed by atoms with Crippen LogP contribution in [0.5, 0.6) is 0 Å². The number of halogens is 6. The fourth-order valence-electron chi connectivity index (χ4n) is 4.18. The molecule has 3 aromatic rings. The highest BCUT2D eigenvalue weighted by molar-refractivity contribution is 6.01. The Bertz CT molecular complexity index is 1310. The van der Waals surface area contributed by atoms with Crippen molar-refractivity contribution in [3.63, 3.8) is 0 Å². The number of alkyl halides is 6. The van der Waals surface area contributed by atoms with Gasteiger partial charge in [0, 0.05) is 11.4 Å². The van der Waals surface area contributed by atoms with E-state index in [-0.39, 0.29) is 24.5 Å². The van der Waals surface area contributed by atoms with Gasteiger partial charge >= 0.3 is 12.4 Å². The highest BCUT2D eigenvalue weighted by Gasteiger charge is 2.53. The van der Waals surface area contributed by atoms with Gasteiger partial charge in [-0.1, -0.05) is 0 Å². The number of rotatable bonds is 4. The maximum atomic E-state index is 13.3. The van der Waals surface area contributed by atoms with Crippen molar-refractivity contribution in [2.24, 2.45) is 10.7 Å². The van der Waals surface area contributed by atoms with Crippen LogP contribution in [0, 0.1) is 0 Å². The summed E-state index contributed by atoms with van der Waals surface area (Å²) < 4.78 is 84.9. The van der Waals surface area contributed by atoms with Crippen LogP contribution in [-0.2, 0) is 22.6 Å². The molecule has 2 aliphatic rings. The third-order valence-corrected chi connectivity index (χ3v) is 6.34. The average Bonchev–Trinajstić information content (AvgIpc) is 3.49. The number of carbonyl (C=O) groups excluding carboxylic acids is 1. The number of fused-ring (bicyclic) bond motifs is 1. The zero-order chi connectivity index (χ0) is 25.9. The standard InChI is InChI=1S/C24H18F6N4O2/c25-23(26,27)14-9-13(10-15(11-14)24(28,29)30)22(6-7-22)21(35)33-16-1-3-17(4-2-16)34-12-32-20-18(19(34)31)5-8-36-20/h1-5,8-12,19H,6-7,31H2,(H,33,35). The number of nitrogens with two attached hydrogens (primary N) is 1. The molecule has 5 rings (SSSR count). The zero-order valence-corrected chi connectivity index (χ0v) is 18.3. The number of hydrogen-bond donors (Lipinski definition) is 2. The number of aliphatic imine (C=N–C) groups is 1. The minimum Gasteiger partial charge on any atom is -0.446 e. The molecule has 1 aliphatic heterocycles. The number of furan rings is 1. The number of nitrogens with zero attached hydrogens (tertiary/aromatic N) is 2. The highest BCUT2D eigenvalue weighted by atomic mass is 19.4. The van der Waals surface area contributed by atoms with Crippen molar-refractivity contribution in [1.29, 1.82) is 0 Å². The van der Waals surface area contributed by atoms with Crippen molar-refractivity contribution in [3.8, 4) is 0 Å². The lowest BCUT2D eigenvalue weighted by atomic mass is 9.91. The van der Waals surface area contributed by atoms with Gasteiger partial charge in [0.2, 0.25) is 11.8 Å². The second-order valence-corrected chi connectivity index (χ2v) is 8.66. The van der Waals surface area contributed by atoms with Crippen molar-refractivity contribution in [1.82, 2.24) is 0 Å². The molecule has 12 heteroatoms. The van der Waals surface area contributed by atoms with Gasteiger partial charge < -0.3 is 20.4 Å². The summed E-state index contributed by atoms with van der Waals surface area (Å²) in [6, 6.07) is 9.40. The fraction of sp³-hybridized carbons (Fsp3) is 0.250. The Balaban J connectivity index is 1.37. The van der Waals surface area contributed by atoms with Gasteiger partial charge in [-0.05, 0) is 66.9 Å². The van der Waals surface area contributed by atoms with E-state index in [2.05, 4.69) is 10.3 Å². The number of benzene rings is 2. The first-order chi connectivity index (χ1) is 16.9. The number of nitrogens with one attached hydrogen (secondary N) is 1. The van der Waals surface area contributed by atoms with Crippen LogP contribution >= 0.6 is 0 Å². The second kappa shape index (κ2) is 8.12. The van der Waals surface area contributed by atoms with Crippen LogP contribution in [0.25, 0.3) is 0 Å². The zero-order valence-electron chi connectivity index (χ0n) is 18.3. The maximum absolute atomic E-state index is 13.3. The summed E-state index contributed by atoms with van der Waals surface area (Å²) in [4.78, 5) is 18.9. The van der Waals surface area contributed by atoms with Crippen LogP contribution in [0.15, 0.2) is 64.2 Å². The number of anilines is 2. The summed E-state index contributed by atoms with van der Waals surface area (Å²) in [5, 5.41) is 2.61. The summed E-state index contributed by atoms with van der Waals surface area (Å²) in [6.45, 7) is 0. The first-order valence-corrected chi connectivity index (χ1v) is 10.8. The molecule has 0 bridgehead atoms. The Morgan fingerprint density at radius 1 is 1.00 bits per heavy atom. The molecular formula is C24H18F6N4O2. The molecule has 36 heavy (non-hydrogen) atoms. The van der Waals surface area contributed by atoms with Crippen molar-refractivity contribution < 1.29 is 35.6 Å². The molecule has 1 unspecified atom stereocenters. The Morgan fingerprint density at radius 2 is 1.61 bits per heavy atom. The number of amides is 1. The average molecular weight is 508 g/mol. The minimum atomic E-state index is -4.99. The second-order valence-electron chi connectivity index (χ2n) is 8.66. The van der Waals surface area contributed by atoms with Crippen molar-refractivity contribution in [2.45, 2.75) is 36.8 Å². The minimum absolute atomic E-state index is 0.0529. The van der Waals surface area contributed by atoms with Gasteiger partial charge in [-0.15, -0.1) is 0 Å². The molecule has 1 fully saturated rings. The SMILES string of the molecule is NC1c2ccoc2N=CN1c1ccc(NC(=O)C2(c3cc(C(F)(F)F)cc(C(F)(F)F)c3)CC2)cc1. The fourth-order valence-corrected chi connectivity index (χ4v) is 4.18.